The number of thioether (sulfide) groups is 1. The summed E-state index contributed by atoms with van der Waals surface area (Å²) in [6.45, 7) is 0.707. The summed E-state index contributed by atoms with van der Waals surface area (Å²) in [6, 6.07) is 6.21. The number of fused-ring (bicyclic) bond motifs is 1. The van der Waals surface area contributed by atoms with Gasteiger partial charge in [-0.25, -0.2) is 0 Å². The molecule has 18 heavy (non-hydrogen) atoms. The monoisotopic (exact) mass is 263 g/mol. The molecule has 1 unspecified atom stereocenters. The molecule has 0 bridgehead atoms. The van der Waals surface area contributed by atoms with Gasteiger partial charge in [0.15, 0.2) is 0 Å². The molecule has 0 spiro atoms. The number of aryl methyl sites for hydroxylation is 1. The highest BCUT2D eigenvalue weighted by atomic mass is 32.2. The molecule has 0 aromatic heterocycles. The number of carbonyl (C=O) groups is 1. The smallest absolute Gasteiger partial charge is 0.253 e. The molecule has 96 valence electrons. The van der Waals surface area contributed by atoms with E-state index in [2.05, 4.69) is 17.4 Å². The molecule has 4 heteroatoms. The molecule has 0 radical (unpaired) electrons. The van der Waals surface area contributed by atoms with Gasteiger partial charge < -0.3 is 10.1 Å². The number of hydrogen-bond acceptors (Lipinski definition) is 3. The number of nitrogens with one attached hydrogen (secondary N) is 1. The van der Waals surface area contributed by atoms with Crippen LogP contribution in [0.2, 0.25) is 0 Å². The second-order valence-electron chi connectivity index (χ2n) is 4.77. The largest absolute Gasteiger partial charge is 0.368 e. The summed E-state index contributed by atoms with van der Waals surface area (Å²) in [5.41, 5.74) is 2.26. The van der Waals surface area contributed by atoms with Crippen molar-refractivity contribution in [2.75, 3.05) is 17.7 Å². The minimum absolute atomic E-state index is 0.00378. The molecule has 1 fully saturated rings. The van der Waals surface area contributed by atoms with Crippen molar-refractivity contribution in [2.24, 2.45) is 0 Å². The molecule has 2 aliphatic heterocycles. The van der Waals surface area contributed by atoms with E-state index in [9.17, 15) is 4.79 Å². The van der Waals surface area contributed by atoms with Crippen molar-refractivity contribution >= 4 is 23.4 Å². The van der Waals surface area contributed by atoms with Crippen LogP contribution < -0.4 is 5.32 Å². The SMILES string of the molecule is O=C(Nc1ccc2c(c1)CCCS2)C1CCCO1. The van der Waals surface area contributed by atoms with Crippen molar-refractivity contribution in [3.63, 3.8) is 0 Å². The van der Waals surface area contributed by atoms with Crippen molar-refractivity contribution in [3.8, 4) is 0 Å². The van der Waals surface area contributed by atoms with E-state index in [1.807, 2.05) is 17.8 Å². The quantitative estimate of drug-likeness (QED) is 0.891. The third-order valence-electron chi connectivity index (χ3n) is 3.40. The van der Waals surface area contributed by atoms with E-state index in [4.69, 9.17) is 4.74 Å². The van der Waals surface area contributed by atoms with E-state index >= 15 is 0 Å². The summed E-state index contributed by atoms with van der Waals surface area (Å²) in [7, 11) is 0. The molecule has 1 atom stereocenters. The topological polar surface area (TPSA) is 38.3 Å². The molecule has 3 rings (SSSR count). The first-order chi connectivity index (χ1) is 8.83. The van der Waals surface area contributed by atoms with Gasteiger partial charge in [0.05, 0.1) is 0 Å². The fraction of sp³-hybridized carbons (Fsp3) is 0.500. The van der Waals surface area contributed by atoms with Gasteiger partial charge in [0, 0.05) is 17.2 Å². The Bertz CT molecular complexity index is 455. The zero-order valence-electron chi connectivity index (χ0n) is 10.3. The number of hydrogen-bond donors (Lipinski definition) is 1. The number of amides is 1. The number of ether oxygens (including phenoxy) is 1. The minimum Gasteiger partial charge on any atom is -0.368 e. The molecule has 1 amide bonds. The maximum absolute atomic E-state index is 11.9. The normalized spacial score (nSPS) is 22.6. The summed E-state index contributed by atoms with van der Waals surface area (Å²) in [6.07, 6.45) is 3.91. The predicted molar refractivity (Wildman–Crippen MR) is 73.1 cm³/mol. The Hall–Kier alpha value is -1.00. The Morgan fingerprint density at radius 1 is 1.39 bits per heavy atom. The summed E-state index contributed by atoms with van der Waals surface area (Å²) in [5.74, 6) is 1.20. The maximum atomic E-state index is 11.9. The van der Waals surface area contributed by atoms with Crippen LogP contribution >= 0.6 is 11.8 Å². The van der Waals surface area contributed by atoms with Crippen LogP contribution in [0.3, 0.4) is 0 Å². The first-order valence-electron chi connectivity index (χ1n) is 6.51. The highest BCUT2D eigenvalue weighted by Gasteiger charge is 2.23. The lowest BCUT2D eigenvalue weighted by molar-refractivity contribution is -0.124. The van der Waals surface area contributed by atoms with Gasteiger partial charge >= 0.3 is 0 Å². The second kappa shape index (κ2) is 5.33. The number of benzene rings is 1. The highest BCUT2D eigenvalue weighted by Crippen LogP contribution is 2.31. The maximum Gasteiger partial charge on any atom is 0.253 e. The van der Waals surface area contributed by atoms with E-state index in [0.29, 0.717) is 6.61 Å². The van der Waals surface area contributed by atoms with Crippen molar-refractivity contribution in [1.82, 2.24) is 0 Å². The first kappa shape index (κ1) is 12.1. The average molecular weight is 263 g/mol. The third kappa shape index (κ3) is 2.54. The van der Waals surface area contributed by atoms with Gasteiger partial charge in [0.1, 0.15) is 6.10 Å². The predicted octanol–water partition coefficient (Wildman–Crippen LogP) is 2.84. The Morgan fingerprint density at radius 3 is 3.17 bits per heavy atom. The lowest BCUT2D eigenvalue weighted by Gasteiger charge is -2.17. The van der Waals surface area contributed by atoms with Gasteiger partial charge in [0.2, 0.25) is 0 Å². The molecule has 0 saturated carbocycles. The zero-order valence-corrected chi connectivity index (χ0v) is 11.1. The molecule has 1 aromatic rings. The van der Waals surface area contributed by atoms with Crippen molar-refractivity contribution in [2.45, 2.75) is 36.7 Å². The van der Waals surface area contributed by atoms with Gasteiger partial charge in [-0.15, -0.1) is 11.8 Å². The van der Waals surface area contributed by atoms with Crippen molar-refractivity contribution < 1.29 is 9.53 Å². The number of anilines is 1. The summed E-state index contributed by atoms with van der Waals surface area (Å²) < 4.78 is 5.38. The van der Waals surface area contributed by atoms with Gasteiger partial charge in [0.25, 0.3) is 5.91 Å². The fourth-order valence-corrected chi connectivity index (χ4v) is 3.46. The summed E-state index contributed by atoms with van der Waals surface area (Å²) >= 11 is 1.90. The van der Waals surface area contributed by atoms with E-state index in [-0.39, 0.29) is 12.0 Å². The Kier molecular flexibility index (Phi) is 3.57. The van der Waals surface area contributed by atoms with Crippen LogP contribution in [-0.4, -0.2) is 24.4 Å². The Balaban J connectivity index is 1.70. The highest BCUT2D eigenvalue weighted by molar-refractivity contribution is 7.99. The minimum atomic E-state index is -0.254. The van der Waals surface area contributed by atoms with E-state index < -0.39 is 0 Å². The molecule has 1 aromatic carbocycles. The third-order valence-corrected chi connectivity index (χ3v) is 4.60. The van der Waals surface area contributed by atoms with Crippen LogP contribution in [0.25, 0.3) is 0 Å². The van der Waals surface area contributed by atoms with Gasteiger partial charge in [-0.3, -0.25) is 4.79 Å². The van der Waals surface area contributed by atoms with Gasteiger partial charge in [-0.1, -0.05) is 0 Å². The second-order valence-corrected chi connectivity index (χ2v) is 5.90. The average Bonchev–Trinajstić information content (AvgIpc) is 2.92. The van der Waals surface area contributed by atoms with E-state index in [0.717, 1.165) is 24.9 Å². The standard InChI is InChI=1S/C14H17NO2S/c16-14(12-4-1-7-17-12)15-11-5-6-13-10(9-11)3-2-8-18-13/h5-6,9,12H,1-4,7-8H2,(H,15,16). The molecule has 1 N–H and O–H groups in total. The van der Waals surface area contributed by atoms with Crippen LogP contribution in [0.15, 0.2) is 23.1 Å². The number of carbonyl (C=O) groups excluding carboxylic acids is 1. The molecular formula is C14H17NO2S. The van der Waals surface area contributed by atoms with Crippen LogP contribution in [0.4, 0.5) is 5.69 Å². The van der Waals surface area contributed by atoms with Crippen molar-refractivity contribution in [3.05, 3.63) is 23.8 Å². The molecule has 2 heterocycles. The van der Waals surface area contributed by atoms with Gasteiger partial charge in [-0.05, 0) is 55.2 Å². The lowest BCUT2D eigenvalue weighted by atomic mass is 10.1. The summed E-state index contributed by atoms with van der Waals surface area (Å²) in [5, 5.41) is 2.96. The Labute approximate surface area is 111 Å². The zero-order chi connectivity index (χ0) is 12.4. The van der Waals surface area contributed by atoms with Gasteiger partial charge in [-0.2, -0.15) is 0 Å². The number of rotatable bonds is 2. The fourth-order valence-electron chi connectivity index (χ4n) is 2.45. The molecule has 2 aliphatic rings. The van der Waals surface area contributed by atoms with Crippen LogP contribution in [0.1, 0.15) is 24.8 Å². The van der Waals surface area contributed by atoms with Crippen LogP contribution in [0, 0.1) is 0 Å². The summed E-state index contributed by atoms with van der Waals surface area (Å²) in [4.78, 5) is 13.3. The Morgan fingerprint density at radius 2 is 2.33 bits per heavy atom. The van der Waals surface area contributed by atoms with E-state index in [1.54, 1.807) is 0 Å². The van der Waals surface area contributed by atoms with Crippen LogP contribution in [-0.2, 0) is 16.0 Å². The lowest BCUT2D eigenvalue weighted by Crippen LogP contribution is -2.26. The first-order valence-corrected chi connectivity index (χ1v) is 7.50. The molecular weight excluding hydrogens is 246 g/mol. The van der Waals surface area contributed by atoms with E-state index in [1.165, 1.54) is 22.6 Å². The van der Waals surface area contributed by atoms with Crippen LogP contribution in [0.5, 0.6) is 0 Å². The molecule has 0 aliphatic carbocycles. The van der Waals surface area contributed by atoms with Crippen molar-refractivity contribution in [1.29, 1.82) is 0 Å². The molecule has 1 saturated heterocycles. The molecule has 3 nitrogen and oxygen atoms in total.